The molecule has 5 nitrogen and oxygen atoms in total. The first-order valence-electron chi connectivity index (χ1n) is 9.01. The third-order valence-electron chi connectivity index (χ3n) is 4.61. The molecule has 0 bridgehead atoms. The molecule has 1 aliphatic heterocycles. The van der Waals surface area contributed by atoms with Gasteiger partial charge in [-0.25, -0.2) is 4.68 Å². The Morgan fingerprint density at radius 3 is 2.67 bits per heavy atom. The Morgan fingerprint density at radius 1 is 1.19 bits per heavy atom. The Hall–Kier alpha value is -2.63. The van der Waals surface area contributed by atoms with E-state index in [1.54, 1.807) is 23.0 Å². The van der Waals surface area contributed by atoms with E-state index in [0.717, 1.165) is 30.7 Å². The van der Waals surface area contributed by atoms with Crippen molar-refractivity contribution in [2.24, 2.45) is 0 Å². The van der Waals surface area contributed by atoms with Crippen molar-refractivity contribution in [3.63, 3.8) is 0 Å². The Kier molecular flexibility index (Phi) is 5.23. The SMILES string of the molecule is O=C(NC[C@H]1CCCO1)c1cn(-c2ccccc2)nc1-c1ccc(Cl)cc1. The normalized spacial score (nSPS) is 16.4. The molecule has 6 heteroatoms. The van der Waals surface area contributed by atoms with E-state index in [9.17, 15) is 4.79 Å². The summed E-state index contributed by atoms with van der Waals surface area (Å²) in [4.78, 5) is 12.9. The van der Waals surface area contributed by atoms with Crippen LogP contribution in [0.5, 0.6) is 0 Å². The monoisotopic (exact) mass is 381 g/mol. The molecule has 1 aliphatic rings. The third-order valence-corrected chi connectivity index (χ3v) is 4.86. The van der Waals surface area contributed by atoms with Crippen molar-refractivity contribution in [3.05, 3.63) is 71.4 Å². The van der Waals surface area contributed by atoms with E-state index in [1.165, 1.54) is 0 Å². The molecule has 1 amide bonds. The van der Waals surface area contributed by atoms with Gasteiger partial charge in [-0.05, 0) is 37.1 Å². The molecule has 1 aromatic heterocycles. The van der Waals surface area contributed by atoms with Gasteiger partial charge in [0.2, 0.25) is 0 Å². The summed E-state index contributed by atoms with van der Waals surface area (Å²) >= 11 is 6.01. The number of rotatable bonds is 5. The van der Waals surface area contributed by atoms with Crippen molar-refractivity contribution in [2.45, 2.75) is 18.9 Å². The van der Waals surface area contributed by atoms with Gasteiger partial charge in [0.15, 0.2) is 0 Å². The van der Waals surface area contributed by atoms with Crippen molar-refractivity contribution in [1.82, 2.24) is 15.1 Å². The second-order valence-electron chi connectivity index (χ2n) is 6.52. The number of nitrogens with one attached hydrogen (secondary N) is 1. The van der Waals surface area contributed by atoms with Gasteiger partial charge in [-0.2, -0.15) is 5.10 Å². The molecule has 4 rings (SSSR count). The van der Waals surface area contributed by atoms with Gasteiger partial charge in [0.25, 0.3) is 5.91 Å². The molecule has 2 heterocycles. The Balaban J connectivity index is 1.66. The number of benzene rings is 2. The molecule has 0 aliphatic carbocycles. The van der Waals surface area contributed by atoms with Crippen LogP contribution in [0.25, 0.3) is 16.9 Å². The van der Waals surface area contributed by atoms with Crippen molar-refractivity contribution < 1.29 is 9.53 Å². The summed E-state index contributed by atoms with van der Waals surface area (Å²) in [5.41, 5.74) is 2.89. The number of hydrogen-bond donors (Lipinski definition) is 1. The van der Waals surface area contributed by atoms with Crippen LogP contribution in [0.4, 0.5) is 0 Å². The summed E-state index contributed by atoms with van der Waals surface area (Å²) in [6.07, 6.45) is 3.89. The Morgan fingerprint density at radius 2 is 1.96 bits per heavy atom. The van der Waals surface area contributed by atoms with Crippen molar-refractivity contribution in [1.29, 1.82) is 0 Å². The predicted octanol–water partition coefficient (Wildman–Crippen LogP) is 4.10. The number of ether oxygens (including phenoxy) is 1. The summed E-state index contributed by atoms with van der Waals surface area (Å²) < 4.78 is 7.32. The molecule has 1 N–H and O–H groups in total. The van der Waals surface area contributed by atoms with Gasteiger partial charge in [-0.1, -0.05) is 41.9 Å². The maximum absolute atomic E-state index is 12.9. The van der Waals surface area contributed by atoms with E-state index >= 15 is 0 Å². The van der Waals surface area contributed by atoms with Gasteiger partial charge in [0.1, 0.15) is 5.69 Å². The minimum atomic E-state index is -0.155. The quantitative estimate of drug-likeness (QED) is 0.723. The molecular formula is C21H20ClN3O2. The van der Waals surface area contributed by atoms with Gasteiger partial charge < -0.3 is 10.1 Å². The highest BCUT2D eigenvalue weighted by atomic mass is 35.5. The van der Waals surface area contributed by atoms with E-state index in [4.69, 9.17) is 16.3 Å². The lowest BCUT2D eigenvalue weighted by Crippen LogP contribution is -2.31. The van der Waals surface area contributed by atoms with Crippen molar-refractivity contribution >= 4 is 17.5 Å². The molecule has 3 aromatic rings. The molecule has 1 fully saturated rings. The largest absolute Gasteiger partial charge is 0.376 e. The summed E-state index contributed by atoms with van der Waals surface area (Å²) in [6, 6.07) is 17.1. The number of hydrogen-bond acceptors (Lipinski definition) is 3. The predicted molar refractivity (Wildman–Crippen MR) is 105 cm³/mol. The standard InChI is InChI=1S/C21H20ClN3O2/c22-16-10-8-15(9-11-16)20-19(21(26)23-13-18-7-4-12-27-18)14-25(24-20)17-5-2-1-3-6-17/h1-3,5-6,8-11,14,18H,4,7,12-13H2,(H,23,26)/t18-/m1/s1. The lowest BCUT2D eigenvalue weighted by molar-refractivity contribution is 0.0858. The first kappa shape index (κ1) is 17.8. The van der Waals surface area contributed by atoms with Crippen LogP contribution in [0.2, 0.25) is 5.02 Å². The van der Waals surface area contributed by atoms with Gasteiger partial charge in [0, 0.05) is 29.9 Å². The number of para-hydroxylation sites is 1. The summed E-state index contributed by atoms with van der Waals surface area (Å²) in [5.74, 6) is -0.155. The van der Waals surface area contributed by atoms with E-state index in [-0.39, 0.29) is 12.0 Å². The minimum absolute atomic E-state index is 0.0945. The zero-order valence-electron chi connectivity index (χ0n) is 14.8. The average Bonchev–Trinajstić information content (AvgIpc) is 3.37. The minimum Gasteiger partial charge on any atom is -0.376 e. The third kappa shape index (κ3) is 4.04. The van der Waals surface area contributed by atoms with E-state index in [2.05, 4.69) is 10.4 Å². The van der Waals surface area contributed by atoms with E-state index in [1.807, 2.05) is 42.5 Å². The maximum Gasteiger partial charge on any atom is 0.255 e. The van der Waals surface area contributed by atoms with E-state index < -0.39 is 0 Å². The Bertz CT molecular complexity index is 916. The number of halogens is 1. The zero-order valence-corrected chi connectivity index (χ0v) is 15.5. The van der Waals surface area contributed by atoms with Crippen LogP contribution in [-0.2, 0) is 4.74 Å². The molecule has 1 atom stereocenters. The highest BCUT2D eigenvalue weighted by Crippen LogP contribution is 2.25. The van der Waals surface area contributed by atoms with Crippen molar-refractivity contribution in [2.75, 3.05) is 13.2 Å². The van der Waals surface area contributed by atoms with Crippen LogP contribution >= 0.6 is 11.6 Å². The fourth-order valence-electron chi connectivity index (χ4n) is 3.18. The fourth-order valence-corrected chi connectivity index (χ4v) is 3.31. The molecule has 27 heavy (non-hydrogen) atoms. The second-order valence-corrected chi connectivity index (χ2v) is 6.96. The first-order valence-corrected chi connectivity index (χ1v) is 9.39. The zero-order chi connectivity index (χ0) is 18.6. The number of carbonyl (C=O) groups excluding carboxylic acids is 1. The van der Waals surface area contributed by atoms with Gasteiger partial charge in [0.05, 0.1) is 17.4 Å². The highest BCUT2D eigenvalue weighted by molar-refractivity contribution is 6.30. The van der Waals surface area contributed by atoms with Gasteiger partial charge in [-0.3, -0.25) is 4.79 Å². The molecule has 0 unspecified atom stereocenters. The highest BCUT2D eigenvalue weighted by Gasteiger charge is 2.21. The number of aromatic nitrogens is 2. The van der Waals surface area contributed by atoms with Crippen LogP contribution in [0.1, 0.15) is 23.2 Å². The maximum atomic E-state index is 12.9. The Labute approximate surface area is 162 Å². The average molecular weight is 382 g/mol. The van der Waals surface area contributed by atoms with Crippen LogP contribution in [0.15, 0.2) is 60.8 Å². The molecule has 0 radical (unpaired) electrons. The summed E-state index contributed by atoms with van der Waals surface area (Å²) in [5, 5.41) is 8.29. The first-order chi connectivity index (χ1) is 13.2. The van der Waals surface area contributed by atoms with Gasteiger partial charge >= 0.3 is 0 Å². The number of nitrogens with zero attached hydrogens (tertiary/aromatic N) is 2. The van der Waals surface area contributed by atoms with Crippen LogP contribution in [-0.4, -0.2) is 34.9 Å². The fraction of sp³-hybridized carbons (Fsp3) is 0.238. The lowest BCUT2D eigenvalue weighted by atomic mass is 10.1. The lowest BCUT2D eigenvalue weighted by Gasteiger charge is -2.10. The smallest absolute Gasteiger partial charge is 0.255 e. The molecule has 2 aromatic carbocycles. The van der Waals surface area contributed by atoms with Gasteiger partial charge in [-0.15, -0.1) is 0 Å². The summed E-state index contributed by atoms with van der Waals surface area (Å²) in [6.45, 7) is 1.28. The van der Waals surface area contributed by atoms with Crippen LogP contribution < -0.4 is 5.32 Å². The molecule has 138 valence electrons. The van der Waals surface area contributed by atoms with Crippen LogP contribution in [0, 0.1) is 0 Å². The topological polar surface area (TPSA) is 56.1 Å². The molecular weight excluding hydrogens is 362 g/mol. The van der Waals surface area contributed by atoms with E-state index in [0.29, 0.717) is 22.8 Å². The van der Waals surface area contributed by atoms with Crippen LogP contribution in [0.3, 0.4) is 0 Å². The molecule has 0 saturated carbocycles. The second kappa shape index (κ2) is 7.94. The number of amides is 1. The number of carbonyl (C=O) groups is 1. The molecule has 1 saturated heterocycles. The molecule has 0 spiro atoms. The summed E-state index contributed by atoms with van der Waals surface area (Å²) in [7, 11) is 0. The van der Waals surface area contributed by atoms with Crippen molar-refractivity contribution in [3.8, 4) is 16.9 Å².